The molecule has 2 amide bonds. The summed E-state index contributed by atoms with van der Waals surface area (Å²) in [6, 6.07) is 16.1. The van der Waals surface area contributed by atoms with Gasteiger partial charge in [-0.05, 0) is 35.4 Å². The Balaban J connectivity index is 1.70. The van der Waals surface area contributed by atoms with Gasteiger partial charge in [0.1, 0.15) is 12.2 Å². The fraction of sp³-hybridized carbons (Fsp3) is 0.200. The third-order valence-electron chi connectivity index (χ3n) is 3.52. The van der Waals surface area contributed by atoms with Crippen molar-refractivity contribution >= 4 is 24.0 Å². The van der Waals surface area contributed by atoms with Crippen LogP contribution >= 0.6 is 0 Å². The van der Waals surface area contributed by atoms with Gasteiger partial charge in [0, 0.05) is 6.54 Å². The fourth-order valence-corrected chi connectivity index (χ4v) is 2.07. The third-order valence-corrected chi connectivity index (χ3v) is 3.52. The normalized spacial score (nSPS) is 10.3. The number of hydrogen-bond acceptors (Lipinski definition) is 6. The summed E-state index contributed by atoms with van der Waals surface area (Å²) >= 11 is 0. The zero-order chi connectivity index (χ0) is 20.2. The molecule has 0 aliphatic heterocycles. The minimum absolute atomic E-state index is 0.174. The first-order chi connectivity index (χ1) is 13.6. The Kier molecular flexibility index (Phi) is 8.19. The van der Waals surface area contributed by atoms with Crippen LogP contribution in [-0.4, -0.2) is 37.7 Å². The Bertz CT molecular complexity index is 819. The van der Waals surface area contributed by atoms with Crippen LogP contribution in [0.25, 0.3) is 0 Å². The van der Waals surface area contributed by atoms with Gasteiger partial charge < -0.3 is 14.8 Å². The number of methoxy groups -OCH3 is 1. The van der Waals surface area contributed by atoms with Crippen molar-refractivity contribution in [3.63, 3.8) is 0 Å². The topological polar surface area (TPSA) is 106 Å². The number of esters is 1. The molecule has 0 heterocycles. The first kappa shape index (κ1) is 20.6. The van der Waals surface area contributed by atoms with Gasteiger partial charge in [-0.2, -0.15) is 5.10 Å². The number of nitrogens with zero attached hydrogens (tertiary/aromatic N) is 1. The number of nitrogens with one attached hydrogen (secondary N) is 2. The number of amides is 2. The van der Waals surface area contributed by atoms with Crippen LogP contribution < -0.4 is 15.5 Å². The molecule has 146 valence electrons. The molecule has 8 nitrogen and oxygen atoms in total. The number of rotatable bonds is 9. The van der Waals surface area contributed by atoms with E-state index >= 15 is 0 Å². The molecule has 0 aliphatic carbocycles. The van der Waals surface area contributed by atoms with E-state index in [1.807, 2.05) is 30.3 Å². The largest absolute Gasteiger partial charge is 0.482 e. The number of ether oxygens (including phenoxy) is 2. The van der Waals surface area contributed by atoms with Crippen LogP contribution in [0.4, 0.5) is 0 Å². The molecule has 2 N–H and O–H groups in total. The van der Waals surface area contributed by atoms with Crippen LogP contribution in [0, 0.1) is 0 Å². The monoisotopic (exact) mass is 383 g/mol. The first-order valence-corrected chi connectivity index (χ1v) is 8.49. The van der Waals surface area contributed by atoms with Gasteiger partial charge in [0.25, 0.3) is 0 Å². The lowest BCUT2D eigenvalue weighted by Gasteiger charge is -2.05. The predicted octanol–water partition coefficient (Wildman–Crippen LogP) is 1.39. The van der Waals surface area contributed by atoms with E-state index in [4.69, 9.17) is 4.74 Å². The van der Waals surface area contributed by atoms with Gasteiger partial charge in [0.2, 0.25) is 11.8 Å². The molecule has 0 bridgehead atoms. The highest BCUT2D eigenvalue weighted by atomic mass is 16.6. The van der Waals surface area contributed by atoms with Crippen LogP contribution in [0.1, 0.15) is 17.5 Å². The standard InChI is InChI=1S/C20H21N3O5/c1-27-20(26)14-28-17-9-7-16(8-10-17)13-22-23-19(25)11-18(24)21-12-15-5-3-2-4-6-15/h2-10,13H,11-12,14H2,1H3,(H,21,24)(H,23,25)/b22-13+. The van der Waals surface area contributed by atoms with E-state index in [0.29, 0.717) is 17.9 Å². The minimum Gasteiger partial charge on any atom is -0.482 e. The van der Waals surface area contributed by atoms with E-state index in [2.05, 4.69) is 20.6 Å². The van der Waals surface area contributed by atoms with Crippen LogP contribution in [0.15, 0.2) is 59.7 Å². The zero-order valence-corrected chi connectivity index (χ0v) is 15.4. The molecule has 0 saturated heterocycles. The molecule has 0 saturated carbocycles. The number of hydrazone groups is 1. The Morgan fingerprint density at radius 2 is 1.71 bits per heavy atom. The van der Waals surface area contributed by atoms with E-state index in [-0.39, 0.29) is 18.9 Å². The van der Waals surface area contributed by atoms with Crippen molar-refractivity contribution in [1.82, 2.24) is 10.7 Å². The van der Waals surface area contributed by atoms with E-state index < -0.39 is 11.9 Å². The van der Waals surface area contributed by atoms with Gasteiger partial charge in [-0.1, -0.05) is 30.3 Å². The SMILES string of the molecule is COC(=O)COc1ccc(/C=N/NC(=O)CC(=O)NCc2ccccc2)cc1. The highest BCUT2D eigenvalue weighted by molar-refractivity contribution is 5.97. The summed E-state index contributed by atoms with van der Waals surface area (Å²) in [5.41, 5.74) is 3.96. The molecule has 0 aliphatic rings. The van der Waals surface area contributed by atoms with Crippen molar-refractivity contribution in [3.05, 3.63) is 65.7 Å². The average Bonchev–Trinajstić information content (AvgIpc) is 2.72. The first-order valence-electron chi connectivity index (χ1n) is 8.49. The number of hydrogen-bond donors (Lipinski definition) is 2. The van der Waals surface area contributed by atoms with Crippen LogP contribution in [0.3, 0.4) is 0 Å². The summed E-state index contributed by atoms with van der Waals surface area (Å²) in [7, 11) is 1.28. The van der Waals surface area contributed by atoms with Crippen molar-refractivity contribution in [2.24, 2.45) is 5.10 Å². The van der Waals surface area contributed by atoms with Gasteiger partial charge in [-0.15, -0.1) is 0 Å². The van der Waals surface area contributed by atoms with Crippen LogP contribution in [-0.2, 0) is 25.7 Å². The summed E-state index contributed by atoms with van der Waals surface area (Å²) in [5, 5.41) is 6.48. The van der Waals surface area contributed by atoms with Gasteiger partial charge in [-0.3, -0.25) is 9.59 Å². The van der Waals surface area contributed by atoms with Crippen molar-refractivity contribution < 1.29 is 23.9 Å². The Hall–Kier alpha value is -3.68. The van der Waals surface area contributed by atoms with Gasteiger partial charge in [0.05, 0.1) is 13.3 Å². The highest BCUT2D eigenvalue weighted by Crippen LogP contribution is 2.11. The van der Waals surface area contributed by atoms with Gasteiger partial charge in [-0.25, -0.2) is 10.2 Å². The predicted molar refractivity (Wildman–Crippen MR) is 103 cm³/mol. The second kappa shape index (κ2) is 11.1. The molecular formula is C20H21N3O5. The van der Waals surface area contributed by atoms with Crippen molar-refractivity contribution in [1.29, 1.82) is 0 Å². The molecule has 0 unspecified atom stereocenters. The highest BCUT2D eigenvalue weighted by Gasteiger charge is 2.08. The molecule has 0 atom stereocenters. The van der Waals surface area contributed by atoms with Crippen LogP contribution in [0.5, 0.6) is 5.75 Å². The molecular weight excluding hydrogens is 362 g/mol. The van der Waals surface area contributed by atoms with Crippen LogP contribution in [0.2, 0.25) is 0 Å². The lowest BCUT2D eigenvalue weighted by atomic mass is 10.2. The minimum atomic E-state index is -0.514. The van der Waals surface area contributed by atoms with Crippen molar-refractivity contribution in [2.45, 2.75) is 13.0 Å². The van der Waals surface area contributed by atoms with E-state index in [1.54, 1.807) is 24.3 Å². The maximum absolute atomic E-state index is 11.8. The fourth-order valence-electron chi connectivity index (χ4n) is 2.07. The third kappa shape index (κ3) is 7.69. The zero-order valence-electron chi connectivity index (χ0n) is 15.4. The molecule has 0 radical (unpaired) electrons. The number of carbonyl (C=O) groups excluding carboxylic acids is 3. The maximum atomic E-state index is 11.8. The van der Waals surface area contributed by atoms with Gasteiger partial charge in [0.15, 0.2) is 6.61 Å². The lowest BCUT2D eigenvalue weighted by Crippen LogP contribution is -2.29. The summed E-state index contributed by atoms with van der Waals surface area (Å²) in [6.07, 6.45) is 1.12. The molecule has 8 heteroatoms. The average molecular weight is 383 g/mol. The molecule has 2 aromatic carbocycles. The molecule has 0 spiro atoms. The summed E-state index contributed by atoms with van der Waals surface area (Å²) in [5.74, 6) is -0.869. The molecule has 28 heavy (non-hydrogen) atoms. The molecule has 0 fully saturated rings. The Morgan fingerprint density at radius 3 is 2.39 bits per heavy atom. The smallest absolute Gasteiger partial charge is 0.343 e. The van der Waals surface area contributed by atoms with E-state index in [9.17, 15) is 14.4 Å². The number of carbonyl (C=O) groups is 3. The molecule has 2 rings (SSSR count). The number of benzene rings is 2. The quantitative estimate of drug-likeness (QED) is 0.295. The summed E-state index contributed by atoms with van der Waals surface area (Å²) in [4.78, 5) is 34.5. The molecule has 2 aromatic rings. The summed E-state index contributed by atoms with van der Waals surface area (Å²) in [6.45, 7) is 0.187. The van der Waals surface area contributed by atoms with E-state index in [1.165, 1.54) is 13.3 Å². The second-order valence-corrected chi connectivity index (χ2v) is 5.67. The second-order valence-electron chi connectivity index (χ2n) is 5.67. The Labute approximate surface area is 162 Å². The maximum Gasteiger partial charge on any atom is 0.343 e. The Morgan fingerprint density at radius 1 is 1.00 bits per heavy atom. The lowest BCUT2D eigenvalue weighted by molar-refractivity contribution is -0.143. The summed E-state index contributed by atoms with van der Waals surface area (Å²) < 4.78 is 9.70. The van der Waals surface area contributed by atoms with Crippen molar-refractivity contribution in [2.75, 3.05) is 13.7 Å². The molecule has 0 aromatic heterocycles. The van der Waals surface area contributed by atoms with Gasteiger partial charge >= 0.3 is 5.97 Å². The van der Waals surface area contributed by atoms with E-state index in [0.717, 1.165) is 5.56 Å². The van der Waals surface area contributed by atoms with Crippen molar-refractivity contribution in [3.8, 4) is 5.75 Å².